The van der Waals surface area contributed by atoms with Gasteiger partial charge in [-0.25, -0.2) is 0 Å². The Hall–Kier alpha value is -0.200. The Morgan fingerprint density at radius 1 is 0.682 bits per heavy atom. The van der Waals surface area contributed by atoms with Gasteiger partial charge < -0.3 is 23.8 Å². The number of hydrogen-bond donors (Lipinski definition) is 0. The first-order chi connectivity index (χ1) is 9.98. The molecule has 0 bridgehead atoms. The van der Waals surface area contributed by atoms with Gasteiger partial charge in [0.25, 0.3) is 0 Å². The molecule has 0 aromatic rings. The van der Waals surface area contributed by atoms with Gasteiger partial charge in [0.1, 0.15) is 0 Å². The van der Waals surface area contributed by atoms with Gasteiger partial charge in [-0.1, -0.05) is 0 Å². The Labute approximate surface area is 138 Å². The molecule has 0 radical (unpaired) electrons. The van der Waals surface area contributed by atoms with E-state index in [0.29, 0.717) is 26.4 Å². The molecular formula is C17H39NO4. The Morgan fingerprint density at radius 3 is 1.55 bits per heavy atom. The van der Waals surface area contributed by atoms with Crippen LogP contribution < -0.4 is 0 Å². The standard InChI is InChI=1S/C9H20O3.C8H19NO/c1-9(2,3)12-8-7-11-6-5-10-4;1-8(2,3)10-7-6-9(4)5/h5-8H2,1-4H3;6-7H2,1-5H3. The Morgan fingerprint density at radius 2 is 1.14 bits per heavy atom. The number of hydrogen-bond acceptors (Lipinski definition) is 5. The normalized spacial score (nSPS) is 12.3. The fourth-order valence-corrected chi connectivity index (χ4v) is 1.19. The minimum absolute atomic E-state index is 0.00993. The van der Waals surface area contributed by atoms with E-state index < -0.39 is 0 Å². The first kappa shape index (κ1) is 24.1. The Kier molecular flexibility index (Phi) is 14.5. The minimum atomic E-state index is -0.0649. The Bertz CT molecular complexity index is 232. The topological polar surface area (TPSA) is 40.2 Å². The van der Waals surface area contributed by atoms with Crippen molar-refractivity contribution in [1.29, 1.82) is 0 Å². The van der Waals surface area contributed by atoms with Crippen molar-refractivity contribution in [1.82, 2.24) is 4.90 Å². The van der Waals surface area contributed by atoms with E-state index in [9.17, 15) is 0 Å². The molecule has 5 heteroatoms. The predicted molar refractivity (Wildman–Crippen MR) is 92.7 cm³/mol. The molecule has 0 spiro atoms. The van der Waals surface area contributed by atoms with Gasteiger partial charge in [-0.2, -0.15) is 0 Å². The molecule has 0 heterocycles. The lowest BCUT2D eigenvalue weighted by atomic mass is 10.2. The highest BCUT2D eigenvalue weighted by Gasteiger charge is 2.09. The summed E-state index contributed by atoms with van der Waals surface area (Å²) in [6.45, 7) is 16.7. The van der Waals surface area contributed by atoms with Gasteiger partial charge in [0.15, 0.2) is 0 Å². The molecule has 0 amide bonds. The summed E-state index contributed by atoms with van der Waals surface area (Å²) in [5.74, 6) is 0. The second-order valence-corrected chi connectivity index (χ2v) is 7.33. The van der Waals surface area contributed by atoms with Crippen LogP contribution in [0, 0.1) is 0 Å². The summed E-state index contributed by atoms with van der Waals surface area (Å²) < 4.78 is 21.0. The molecule has 0 aliphatic rings. The van der Waals surface area contributed by atoms with E-state index in [1.807, 2.05) is 34.9 Å². The monoisotopic (exact) mass is 321 g/mol. The molecule has 0 unspecified atom stereocenters. The largest absolute Gasteiger partial charge is 0.382 e. The maximum atomic E-state index is 5.50. The minimum Gasteiger partial charge on any atom is -0.382 e. The maximum absolute atomic E-state index is 5.50. The lowest BCUT2D eigenvalue weighted by Gasteiger charge is -2.20. The third-order valence-corrected chi connectivity index (χ3v) is 2.27. The molecule has 0 saturated carbocycles. The van der Waals surface area contributed by atoms with Gasteiger partial charge in [0.05, 0.1) is 44.2 Å². The van der Waals surface area contributed by atoms with E-state index >= 15 is 0 Å². The van der Waals surface area contributed by atoms with Crippen molar-refractivity contribution in [3.8, 4) is 0 Å². The van der Waals surface area contributed by atoms with Crippen LogP contribution in [0.2, 0.25) is 0 Å². The fraction of sp³-hybridized carbons (Fsp3) is 1.00. The highest BCUT2D eigenvalue weighted by molar-refractivity contribution is 4.59. The van der Waals surface area contributed by atoms with Crippen LogP contribution in [0.5, 0.6) is 0 Å². The molecular weight excluding hydrogens is 282 g/mol. The quantitative estimate of drug-likeness (QED) is 0.611. The molecule has 22 heavy (non-hydrogen) atoms. The van der Waals surface area contributed by atoms with E-state index in [1.165, 1.54) is 0 Å². The number of methoxy groups -OCH3 is 1. The van der Waals surface area contributed by atoms with Crippen molar-refractivity contribution in [3.63, 3.8) is 0 Å². The highest BCUT2D eigenvalue weighted by atomic mass is 16.5. The molecule has 5 nitrogen and oxygen atoms in total. The third kappa shape index (κ3) is 28.0. The zero-order valence-corrected chi connectivity index (χ0v) is 16.3. The Balaban J connectivity index is 0. The first-order valence-corrected chi connectivity index (χ1v) is 7.97. The van der Waals surface area contributed by atoms with Crippen LogP contribution in [-0.2, 0) is 18.9 Å². The van der Waals surface area contributed by atoms with Crippen LogP contribution in [0.3, 0.4) is 0 Å². The fourth-order valence-electron chi connectivity index (χ4n) is 1.19. The highest BCUT2D eigenvalue weighted by Crippen LogP contribution is 2.06. The summed E-state index contributed by atoms with van der Waals surface area (Å²) in [4.78, 5) is 2.12. The van der Waals surface area contributed by atoms with Crippen LogP contribution in [-0.4, -0.2) is 76.9 Å². The predicted octanol–water partition coefficient (Wildman–Crippen LogP) is 2.83. The molecule has 0 rings (SSSR count). The number of nitrogens with zero attached hydrogens (tertiary/aromatic N) is 1. The number of likely N-dealkylation sites (N-methyl/N-ethyl adjacent to an activating group) is 1. The summed E-state index contributed by atoms with van der Waals surface area (Å²) >= 11 is 0. The molecule has 0 aliphatic heterocycles. The molecule has 0 aromatic heterocycles. The van der Waals surface area contributed by atoms with Gasteiger partial charge in [0, 0.05) is 13.7 Å². The van der Waals surface area contributed by atoms with Gasteiger partial charge in [-0.3, -0.25) is 0 Å². The van der Waals surface area contributed by atoms with Gasteiger partial charge >= 0.3 is 0 Å². The van der Waals surface area contributed by atoms with Crippen LogP contribution in [0.25, 0.3) is 0 Å². The summed E-state index contributed by atoms with van der Waals surface area (Å²) in [7, 11) is 5.76. The summed E-state index contributed by atoms with van der Waals surface area (Å²) in [5, 5.41) is 0. The average Bonchev–Trinajstić information content (AvgIpc) is 2.31. The van der Waals surface area contributed by atoms with E-state index in [2.05, 4.69) is 25.7 Å². The zero-order chi connectivity index (χ0) is 17.6. The SMILES string of the molecule is CN(C)CCOC(C)(C)C.COCCOCCOC(C)(C)C. The van der Waals surface area contributed by atoms with Gasteiger partial charge in [0.2, 0.25) is 0 Å². The lowest BCUT2D eigenvalue weighted by molar-refractivity contribution is -0.0402. The zero-order valence-electron chi connectivity index (χ0n) is 16.3. The van der Waals surface area contributed by atoms with Crippen LogP contribution >= 0.6 is 0 Å². The third-order valence-electron chi connectivity index (χ3n) is 2.27. The van der Waals surface area contributed by atoms with E-state index in [1.54, 1.807) is 7.11 Å². The second kappa shape index (κ2) is 13.3. The summed E-state index contributed by atoms with van der Waals surface area (Å²) in [6, 6.07) is 0. The van der Waals surface area contributed by atoms with Crippen molar-refractivity contribution in [2.75, 3.05) is 60.8 Å². The van der Waals surface area contributed by atoms with E-state index in [-0.39, 0.29) is 11.2 Å². The number of ether oxygens (including phenoxy) is 4. The summed E-state index contributed by atoms with van der Waals surface area (Å²) in [5.41, 5.74) is -0.0549. The van der Waals surface area contributed by atoms with Crippen molar-refractivity contribution in [3.05, 3.63) is 0 Å². The molecule has 136 valence electrons. The molecule has 0 fully saturated rings. The van der Waals surface area contributed by atoms with E-state index in [4.69, 9.17) is 18.9 Å². The van der Waals surface area contributed by atoms with E-state index in [0.717, 1.165) is 13.2 Å². The van der Waals surface area contributed by atoms with Crippen molar-refractivity contribution in [2.45, 2.75) is 52.7 Å². The van der Waals surface area contributed by atoms with Crippen molar-refractivity contribution >= 4 is 0 Å². The van der Waals surface area contributed by atoms with Crippen LogP contribution in [0.15, 0.2) is 0 Å². The lowest BCUT2D eigenvalue weighted by Crippen LogP contribution is -2.25. The average molecular weight is 322 g/mol. The van der Waals surface area contributed by atoms with Crippen LogP contribution in [0.4, 0.5) is 0 Å². The molecule has 0 aromatic carbocycles. The van der Waals surface area contributed by atoms with Crippen molar-refractivity contribution < 1.29 is 18.9 Å². The smallest absolute Gasteiger partial charge is 0.0707 e. The molecule has 0 aliphatic carbocycles. The van der Waals surface area contributed by atoms with Gasteiger partial charge in [-0.05, 0) is 55.6 Å². The molecule has 0 saturated heterocycles. The second-order valence-electron chi connectivity index (χ2n) is 7.33. The van der Waals surface area contributed by atoms with Crippen LogP contribution in [0.1, 0.15) is 41.5 Å². The van der Waals surface area contributed by atoms with Crippen molar-refractivity contribution in [2.24, 2.45) is 0 Å². The molecule has 0 N–H and O–H groups in total. The number of rotatable bonds is 9. The summed E-state index contributed by atoms with van der Waals surface area (Å²) in [6.07, 6.45) is 0. The maximum Gasteiger partial charge on any atom is 0.0707 e. The molecule has 0 atom stereocenters. The van der Waals surface area contributed by atoms with Gasteiger partial charge in [-0.15, -0.1) is 0 Å². The first-order valence-electron chi connectivity index (χ1n) is 7.97.